The van der Waals surface area contributed by atoms with Crippen molar-refractivity contribution in [2.75, 3.05) is 0 Å². The Kier molecular flexibility index (Phi) is 5.40. The number of carbonyl (C=O) groups is 1. The summed E-state index contributed by atoms with van der Waals surface area (Å²) in [5.74, 6) is -0.775. The quantitative estimate of drug-likeness (QED) is 0.698. The van der Waals surface area contributed by atoms with Gasteiger partial charge in [-0.05, 0) is 67.3 Å². The molecular formula is C22H22F2N2O. The van der Waals surface area contributed by atoms with Crippen LogP contribution in [0.25, 0.3) is 0 Å². The van der Waals surface area contributed by atoms with E-state index in [1.165, 1.54) is 24.3 Å². The molecule has 0 unspecified atom stereocenters. The topological polar surface area (TPSA) is 34.0 Å². The molecular weight excluding hydrogens is 346 g/mol. The first-order valence-electron chi connectivity index (χ1n) is 8.80. The molecule has 2 aromatic carbocycles. The van der Waals surface area contributed by atoms with Crippen LogP contribution in [0.3, 0.4) is 0 Å². The van der Waals surface area contributed by atoms with Crippen molar-refractivity contribution in [1.82, 2.24) is 9.88 Å². The van der Waals surface area contributed by atoms with Crippen LogP contribution in [-0.4, -0.2) is 10.5 Å². The van der Waals surface area contributed by atoms with E-state index in [0.29, 0.717) is 18.8 Å². The second-order valence-electron chi connectivity index (χ2n) is 6.71. The normalized spacial score (nSPS) is 10.9. The van der Waals surface area contributed by atoms with E-state index in [1.807, 2.05) is 25.3 Å². The van der Waals surface area contributed by atoms with Crippen LogP contribution in [0, 0.1) is 32.4 Å². The van der Waals surface area contributed by atoms with Crippen molar-refractivity contribution in [1.29, 1.82) is 0 Å². The Balaban J connectivity index is 1.84. The van der Waals surface area contributed by atoms with Crippen molar-refractivity contribution < 1.29 is 13.6 Å². The number of benzene rings is 2. The molecule has 0 saturated carbocycles. The number of carbonyl (C=O) groups excluding carboxylic acids is 1. The summed E-state index contributed by atoms with van der Waals surface area (Å²) in [6.45, 7) is 6.69. The number of halogens is 2. The van der Waals surface area contributed by atoms with Crippen molar-refractivity contribution in [3.05, 3.63) is 93.8 Å². The average Bonchev–Trinajstić information content (AvgIpc) is 2.87. The van der Waals surface area contributed by atoms with Gasteiger partial charge in [-0.25, -0.2) is 8.78 Å². The van der Waals surface area contributed by atoms with Crippen LogP contribution in [0.5, 0.6) is 0 Å². The highest BCUT2D eigenvalue weighted by Crippen LogP contribution is 2.23. The summed E-state index contributed by atoms with van der Waals surface area (Å²) in [5.41, 5.74) is 5.32. The number of nitrogens with one attached hydrogen (secondary N) is 1. The Morgan fingerprint density at radius 3 is 1.93 bits per heavy atom. The van der Waals surface area contributed by atoms with Crippen molar-refractivity contribution in [2.45, 2.75) is 33.9 Å². The van der Waals surface area contributed by atoms with E-state index in [0.717, 1.165) is 27.9 Å². The second kappa shape index (κ2) is 7.74. The van der Waals surface area contributed by atoms with Crippen LogP contribution < -0.4 is 5.32 Å². The minimum Gasteiger partial charge on any atom is -0.347 e. The van der Waals surface area contributed by atoms with Crippen molar-refractivity contribution in [3.63, 3.8) is 0 Å². The third-order valence-corrected chi connectivity index (χ3v) is 4.97. The number of hydrogen-bond donors (Lipinski definition) is 1. The molecule has 0 radical (unpaired) electrons. The average molecular weight is 368 g/mol. The van der Waals surface area contributed by atoms with E-state index >= 15 is 0 Å². The van der Waals surface area contributed by atoms with E-state index in [1.54, 1.807) is 24.3 Å². The lowest BCUT2D eigenvalue weighted by molar-refractivity contribution is 0.0941. The van der Waals surface area contributed by atoms with E-state index in [9.17, 15) is 13.6 Å². The highest BCUT2D eigenvalue weighted by Gasteiger charge is 2.20. The molecule has 1 aromatic heterocycles. The molecule has 0 aliphatic rings. The summed E-state index contributed by atoms with van der Waals surface area (Å²) in [6, 6.07) is 12.3. The van der Waals surface area contributed by atoms with Gasteiger partial charge in [0.25, 0.3) is 5.91 Å². The summed E-state index contributed by atoms with van der Waals surface area (Å²) in [4.78, 5) is 12.9. The van der Waals surface area contributed by atoms with Gasteiger partial charge >= 0.3 is 0 Å². The molecule has 0 fully saturated rings. The molecule has 0 bridgehead atoms. The number of hydrogen-bond acceptors (Lipinski definition) is 1. The SMILES string of the molecule is Cc1c(C)c(C(=O)NCc2ccc(F)cc2)n(Cc2ccc(F)cc2)c1C. The lowest BCUT2D eigenvalue weighted by atomic mass is 10.1. The minimum absolute atomic E-state index is 0.185. The van der Waals surface area contributed by atoms with E-state index in [2.05, 4.69) is 5.32 Å². The lowest BCUT2D eigenvalue weighted by Crippen LogP contribution is -2.26. The summed E-state index contributed by atoms with van der Waals surface area (Å²) in [5, 5.41) is 2.91. The van der Waals surface area contributed by atoms with E-state index < -0.39 is 0 Å². The van der Waals surface area contributed by atoms with Crippen LogP contribution in [-0.2, 0) is 13.1 Å². The zero-order valence-corrected chi connectivity index (χ0v) is 15.6. The molecule has 1 N–H and O–H groups in total. The third-order valence-electron chi connectivity index (χ3n) is 4.97. The Bertz CT molecular complexity index is 957. The van der Waals surface area contributed by atoms with Gasteiger partial charge in [-0.2, -0.15) is 0 Å². The minimum atomic E-state index is -0.305. The fourth-order valence-corrected chi connectivity index (χ4v) is 3.15. The summed E-state index contributed by atoms with van der Waals surface area (Å²) in [7, 11) is 0. The van der Waals surface area contributed by atoms with Crippen LogP contribution in [0.15, 0.2) is 48.5 Å². The van der Waals surface area contributed by atoms with Gasteiger partial charge in [0.15, 0.2) is 0 Å². The number of aromatic nitrogens is 1. The fraction of sp³-hybridized carbons (Fsp3) is 0.227. The maximum atomic E-state index is 13.2. The first kappa shape index (κ1) is 18.8. The highest BCUT2D eigenvalue weighted by atomic mass is 19.1. The Morgan fingerprint density at radius 2 is 1.37 bits per heavy atom. The molecule has 3 rings (SSSR count). The molecule has 0 atom stereocenters. The number of nitrogens with zero attached hydrogens (tertiary/aromatic N) is 1. The number of amides is 1. The zero-order chi connectivity index (χ0) is 19.6. The molecule has 3 aromatic rings. The summed E-state index contributed by atoms with van der Waals surface area (Å²) in [6.07, 6.45) is 0. The first-order chi connectivity index (χ1) is 12.9. The van der Waals surface area contributed by atoms with Crippen LogP contribution in [0.1, 0.15) is 38.4 Å². The van der Waals surface area contributed by atoms with Crippen molar-refractivity contribution >= 4 is 5.91 Å². The van der Waals surface area contributed by atoms with Gasteiger partial charge < -0.3 is 9.88 Å². The molecule has 0 aliphatic heterocycles. The molecule has 140 valence electrons. The lowest BCUT2D eigenvalue weighted by Gasteiger charge is -2.13. The van der Waals surface area contributed by atoms with Crippen LogP contribution >= 0.6 is 0 Å². The standard InChI is InChI=1S/C22H22F2N2O/c1-14-15(2)21(22(27)25-12-17-4-8-19(23)9-5-17)26(16(14)3)13-18-6-10-20(24)11-7-18/h4-11H,12-13H2,1-3H3,(H,25,27). The largest absolute Gasteiger partial charge is 0.347 e. The Hall–Kier alpha value is -2.95. The first-order valence-corrected chi connectivity index (χ1v) is 8.80. The summed E-state index contributed by atoms with van der Waals surface area (Å²) >= 11 is 0. The molecule has 5 heteroatoms. The number of rotatable bonds is 5. The van der Waals surface area contributed by atoms with Gasteiger partial charge in [0.1, 0.15) is 17.3 Å². The monoisotopic (exact) mass is 368 g/mol. The van der Waals surface area contributed by atoms with Crippen molar-refractivity contribution in [2.24, 2.45) is 0 Å². The van der Waals surface area contributed by atoms with Gasteiger partial charge in [-0.1, -0.05) is 24.3 Å². The van der Waals surface area contributed by atoms with Crippen LogP contribution in [0.4, 0.5) is 8.78 Å². The molecule has 0 spiro atoms. The molecule has 1 amide bonds. The fourth-order valence-electron chi connectivity index (χ4n) is 3.15. The van der Waals surface area contributed by atoms with Gasteiger partial charge in [-0.3, -0.25) is 4.79 Å². The maximum Gasteiger partial charge on any atom is 0.268 e. The molecule has 0 saturated heterocycles. The van der Waals surface area contributed by atoms with Gasteiger partial charge in [0, 0.05) is 18.8 Å². The Labute approximate surface area is 157 Å². The summed E-state index contributed by atoms with van der Waals surface area (Å²) < 4.78 is 28.2. The van der Waals surface area contributed by atoms with Gasteiger partial charge in [0.2, 0.25) is 0 Å². The van der Waals surface area contributed by atoms with E-state index in [-0.39, 0.29) is 17.5 Å². The predicted molar refractivity (Wildman–Crippen MR) is 102 cm³/mol. The molecule has 1 heterocycles. The molecule has 0 aliphatic carbocycles. The van der Waals surface area contributed by atoms with Crippen molar-refractivity contribution in [3.8, 4) is 0 Å². The highest BCUT2D eigenvalue weighted by molar-refractivity contribution is 5.95. The van der Waals surface area contributed by atoms with Gasteiger partial charge in [-0.15, -0.1) is 0 Å². The van der Waals surface area contributed by atoms with Gasteiger partial charge in [0.05, 0.1) is 0 Å². The second-order valence-corrected chi connectivity index (χ2v) is 6.71. The molecule has 27 heavy (non-hydrogen) atoms. The third kappa shape index (κ3) is 4.08. The Morgan fingerprint density at radius 1 is 0.852 bits per heavy atom. The zero-order valence-electron chi connectivity index (χ0n) is 15.6. The van der Waals surface area contributed by atoms with Crippen LogP contribution in [0.2, 0.25) is 0 Å². The predicted octanol–water partition coefficient (Wildman–Crippen LogP) is 4.67. The maximum absolute atomic E-state index is 13.2. The smallest absolute Gasteiger partial charge is 0.268 e. The molecule has 3 nitrogen and oxygen atoms in total. The van der Waals surface area contributed by atoms with E-state index in [4.69, 9.17) is 0 Å².